The van der Waals surface area contributed by atoms with Crippen LogP contribution in [0.15, 0.2) is 64.8 Å². The predicted molar refractivity (Wildman–Crippen MR) is 180 cm³/mol. The van der Waals surface area contributed by atoms with Crippen molar-refractivity contribution in [3.8, 4) is 0 Å². The topological polar surface area (TPSA) is 82.9 Å². The summed E-state index contributed by atoms with van der Waals surface area (Å²) < 4.78 is 0. The molecule has 0 radical (unpaired) electrons. The van der Waals surface area contributed by atoms with Gasteiger partial charge >= 0.3 is 0 Å². The summed E-state index contributed by atoms with van der Waals surface area (Å²) in [6.07, 6.45) is 22.1. The van der Waals surface area contributed by atoms with E-state index in [1.54, 1.807) is 24.3 Å². The van der Waals surface area contributed by atoms with Gasteiger partial charge in [-0.3, -0.25) is 9.59 Å². The molecular formula is C37H58N4O2. The van der Waals surface area contributed by atoms with Crippen LogP contribution in [0, 0.1) is 5.92 Å². The van der Waals surface area contributed by atoms with E-state index in [2.05, 4.69) is 27.8 Å². The highest BCUT2D eigenvalue weighted by Crippen LogP contribution is 2.19. The highest BCUT2D eigenvalue weighted by molar-refractivity contribution is 5.97. The third kappa shape index (κ3) is 16.4. The van der Waals surface area contributed by atoms with Gasteiger partial charge in [-0.1, -0.05) is 142 Å². The van der Waals surface area contributed by atoms with Crippen LogP contribution in [-0.4, -0.2) is 24.4 Å². The Kier molecular flexibility index (Phi) is 19.7. The van der Waals surface area contributed by atoms with Crippen molar-refractivity contribution in [3.63, 3.8) is 0 Å². The van der Waals surface area contributed by atoms with Crippen LogP contribution in [0.1, 0.15) is 140 Å². The Labute approximate surface area is 261 Å². The molecular weight excluding hydrogens is 532 g/mol. The Morgan fingerprint density at radius 3 is 1.58 bits per heavy atom. The van der Waals surface area contributed by atoms with Gasteiger partial charge in [-0.25, -0.2) is 0 Å². The molecule has 2 aromatic carbocycles. The maximum atomic E-state index is 13.0. The monoisotopic (exact) mass is 590 g/mol. The number of carbonyl (C=O) groups excluding carboxylic acids is 2. The molecule has 6 heteroatoms. The van der Waals surface area contributed by atoms with Crippen LogP contribution in [0.5, 0.6) is 0 Å². The Bertz CT molecular complexity index is 1020. The number of nitrogens with one attached hydrogen (secondary N) is 2. The van der Waals surface area contributed by atoms with Crippen LogP contribution in [0.3, 0.4) is 0 Å². The van der Waals surface area contributed by atoms with Crippen LogP contribution in [0.4, 0.5) is 11.4 Å². The molecule has 0 heterocycles. The van der Waals surface area contributed by atoms with Crippen molar-refractivity contribution < 1.29 is 9.59 Å². The fourth-order valence-corrected chi connectivity index (χ4v) is 5.21. The first kappa shape index (κ1) is 36.2. The molecule has 0 aliphatic heterocycles. The average Bonchev–Trinajstić information content (AvgIpc) is 3.04. The van der Waals surface area contributed by atoms with Gasteiger partial charge < -0.3 is 10.6 Å². The molecule has 0 fully saturated rings. The zero-order valence-electron chi connectivity index (χ0n) is 27.3. The zero-order valence-corrected chi connectivity index (χ0v) is 27.3. The van der Waals surface area contributed by atoms with Gasteiger partial charge in [-0.2, -0.15) is 10.2 Å². The van der Waals surface area contributed by atoms with E-state index < -0.39 is 6.04 Å². The number of carbonyl (C=O) groups is 2. The van der Waals surface area contributed by atoms with Crippen molar-refractivity contribution in [2.45, 2.75) is 136 Å². The third-order valence-corrected chi connectivity index (χ3v) is 8.28. The Balaban J connectivity index is 1.58. The molecule has 2 N–H and O–H groups in total. The molecule has 0 saturated carbocycles. The van der Waals surface area contributed by atoms with Gasteiger partial charge in [0.05, 0.1) is 11.4 Å². The molecule has 2 amide bonds. The summed E-state index contributed by atoms with van der Waals surface area (Å²) in [7, 11) is 0. The first-order chi connectivity index (χ1) is 21.0. The van der Waals surface area contributed by atoms with E-state index in [9.17, 15) is 9.59 Å². The van der Waals surface area contributed by atoms with E-state index in [1.807, 2.05) is 44.2 Å². The smallest absolute Gasteiger partial charge is 0.251 e. The van der Waals surface area contributed by atoms with E-state index >= 15 is 0 Å². The third-order valence-electron chi connectivity index (χ3n) is 8.28. The molecule has 2 aromatic rings. The number of hydrogen-bond donors (Lipinski definition) is 2. The first-order valence-corrected chi connectivity index (χ1v) is 17.2. The molecule has 0 aliphatic carbocycles. The summed E-state index contributed by atoms with van der Waals surface area (Å²) in [5, 5.41) is 14.5. The van der Waals surface area contributed by atoms with E-state index in [1.165, 1.54) is 89.9 Å². The standard InChI is InChI=1S/C37H58N4O2/c1-4-6-7-8-9-10-11-12-13-14-15-16-17-18-19-23-30-38-37(43)35(31(3)5-2)39-36(42)32-26-28-34(29-27-32)41-40-33-24-21-20-22-25-33/h20-22,24-29,31,35H,4-19,23,30H2,1-3H3,(H,38,43)(H,39,42)/t31-,35-/m0/s1. The fraction of sp³-hybridized carbons (Fsp3) is 0.622. The first-order valence-electron chi connectivity index (χ1n) is 17.2. The van der Waals surface area contributed by atoms with Crippen LogP contribution in [0.2, 0.25) is 0 Å². The lowest BCUT2D eigenvalue weighted by Gasteiger charge is -2.23. The molecule has 43 heavy (non-hydrogen) atoms. The zero-order chi connectivity index (χ0) is 31.0. The van der Waals surface area contributed by atoms with Crippen LogP contribution in [0.25, 0.3) is 0 Å². The second-order valence-corrected chi connectivity index (χ2v) is 12.0. The molecule has 6 nitrogen and oxygen atoms in total. The number of rotatable bonds is 24. The molecule has 0 unspecified atom stereocenters. The molecule has 0 bridgehead atoms. The summed E-state index contributed by atoms with van der Waals surface area (Å²) >= 11 is 0. The lowest BCUT2D eigenvalue weighted by molar-refractivity contribution is -0.124. The average molecular weight is 591 g/mol. The van der Waals surface area contributed by atoms with Gasteiger partial charge in [0.15, 0.2) is 0 Å². The second-order valence-electron chi connectivity index (χ2n) is 12.0. The molecule has 0 aliphatic rings. The summed E-state index contributed by atoms with van der Waals surface area (Å²) in [6.45, 7) is 6.98. The number of unbranched alkanes of at least 4 members (excludes halogenated alkanes) is 15. The minimum atomic E-state index is -0.559. The number of azo groups is 1. The highest BCUT2D eigenvalue weighted by atomic mass is 16.2. The molecule has 238 valence electrons. The van der Waals surface area contributed by atoms with Gasteiger partial charge in [-0.15, -0.1) is 0 Å². The molecule has 0 spiro atoms. The van der Waals surface area contributed by atoms with E-state index in [-0.39, 0.29) is 17.7 Å². The van der Waals surface area contributed by atoms with E-state index in [0.29, 0.717) is 17.8 Å². The van der Waals surface area contributed by atoms with Crippen molar-refractivity contribution in [2.24, 2.45) is 16.1 Å². The Hall–Kier alpha value is -3.02. The minimum Gasteiger partial charge on any atom is -0.354 e. The van der Waals surface area contributed by atoms with Gasteiger partial charge in [0.2, 0.25) is 5.91 Å². The Morgan fingerprint density at radius 2 is 1.09 bits per heavy atom. The van der Waals surface area contributed by atoms with Crippen molar-refractivity contribution in [2.75, 3.05) is 6.54 Å². The second kappa shape index (κ2) is 23.4. The van der Waals surface area contributed by atoms with Crippen LogP contribution >= 0.6 is 0 Å². The maximum absolute atomic E-state index is 13.0. The molecule has 0 saturated heterocycles. The van der Waals surface area contributed by atoms with Crippen molar-refractivity contribution in [3.05, 3.63) is 60.2 Å². The quantitative estimate of drug-likeness (QED) is 0.0941. The van der Waals surface area contributed by atoms with E-state index in [0.717, 1.165) is 24.9 Å². The van der Waals surface area contributed by atoms with Gasteiger partial charge in [0.1, 0.15) is 6.04 Å². The van der Waals surface area contributed by atoms with Crippen LogP contribution in [-0.2, 0) is 4.79 Å². The number of hydrogen-bond acceptors (Lipinski definition) is 4. The summed E-state index contributed by atoms with van der Waals surface area (Å²) in [4.78, 5) is 26.0. The SMILES string of the molecule is CCCCCCCCCCCCCCCCCCNC(=O)[C@@H](NC(=O)c1ccc(N=Nc2ccccc2)cc1)[C@@H](C)CC. The van der Waals surface area contributed by atoms with Crippen molar-refractivity contribution in [1.82, 2.24) is 10.6 Å². The number of benzene rings is 2. The Morgan fingerprint density at radius 1 is 0.628 bits per heavy atom. The summed E-state index contributed by atoms with van der Waals surface area (Å²) in [6, 6.07) is 15.9. The minimum absolute atomic E-state index is 0.0358. The van der Waals surface area contributed by atoms with Gasteiger partial charge in [-0.05, 0) is 48.7 Å². The maximum Gasteiger partial charge on any atom is 0.251 e. The van der Waals surface area contributed by atoms with Gasteiger partial charge in [0, 0.05) is 12.1 Å². The lowest BCUT2D eigenvalue weighted by Crippen LogP contribution is -2.50. The van der Waals surface area contributed by atoms with Crippen molar-refractivity contribution >= 4 is 23.2 Å². The van der Waals surface area contributed by atoms with Crippen LogP contribution < -0.4 is 10.6 Å². The molecule has 2 atom stereocenters. The van der Waals surface area contributed by atoms with Crippen molar-refractivity contribution in [1.29, 1.82) is 0 Å². The lowest BCUT2D eigenvalue weighted by atomic mass is 9.97. The van der Waals surface area contributed by atoms with E-state index in [4.69, 9.17) is 0 Å². The number of nitrogens with zero attached hydrogens (tertiary/aromatic N) is 2. The molecule has 0 aromatic heterocycles. The summed E-state index contributed by atoms with van der Waals surface area (Å²) in [5.74, 6) is -0.319. The highest BCUT2D eigenvalue weighted by Gasteiger charge is 2.26. The summed E-state index contributed by atoms with van der Waals surface area (Å²) in [5.41, 5.74) is 1.93. The van der Waals surface area contributed by atoms with Gasteiger partial charge in [0.25, 0.3) is 5.91 Å². The largest absolute Gasteiger partial charge is 0.354 e. The fourth-order valence-electron chi connectivity index (χ4n) is 5.21. The predicted octanol–water partition coefficient (Wildman–Crippen LogP) is 10.6. The normalized spacial score (nSPS) is 12.7. The number of amides is 2. The molecule has 2 rings (SSSR count).